The molecular formula is C15H20N4O. The minimum Gasteiger partial charge on any atom is -0.334 e. The van der Waals surface area contributed by atoms with Gasteiger partial charge in [0.2, 0.25) is 0 Å². The molecule has 1 aromatic heterocycles. The highest BCUT2D eigenvalue weighted by molar-refractivity contribution is 5.53. The molecule has 3 rings (SSSR count). The Hall–Kier alpha value is -1.72. The van der Waals surface area contributed by atoms with Gasteiger partial charge in [0.15, 0.2) is 5.82 Å². The Balaban J connectivity index is 1.73. The Morgan fingerprint density at radius 1 is 1.45 bits per heavy atom. The number of piperazine rings is 1. The Labute approximate surface area is 119 Å². The van der Waals surface area contributed by atoms with Gasteiger partial charge in [-0.25, -0.2) is 0 Å². The molecule has 1 N–H and O–H groups in total. The van der Waals surface area contributed by atoms with Crippen LogP contribution < -0.4 is 5.32 Å². The minimum absolute atomic E-state index is 0.504. The van der Waals surface area contributed by atoms with Gasteiger partial charge in [-0.2, -0.15) is 4.98 Å². The van der Waals surface area contributed by atoms with Crippen molar-refractivity contribution >= 4 is 0 Å². The van der Waals surface area contributed by atoms with Crippen molar-refractivity contribution in [1.29, 1.82) is 0 Å². The summed E-state index contributed by atoms with van der Waals surface area (Å²) < 4.78 is 5.38. The molecule has 5 nitrogen and oxygen atoms in total. The van der Waals surface area contributed by atoms with Gasteiger partial charge in [0.25, 0.3) is 5.89 Å². The van der Waals surface area contributed by atoms with E-state index in [1.807, 2.05) is 12.1 Å². The summed E-state index contributed by atoms with van der Waals surface area (Å²) in [6, 6.07) is 8.63. The Kier molecular flexibility index (Phi) is 3.80. The van der Waals surface area contributed by atoms with Gasteiger partial charge in [0.1, 0.15) is 0 Å². The molecule has 1 aromatic carbocycles. The predicted octanol–water partition coefficient (Wildman–Crippen LogP) is 1.84. The maximum Gasteiger partial charge on any atom is 0.257 e. The molecule has 106 valence electrons. The van der Waals surface area contributed by atoms with E-state index in [-0.39, 0.29) is 0 Å². The number of benzene rings is 1. The molecule has 0 spiro atoms. The highest BCUT2D eigenvalue weighted by Gasteiger charge is 2.20. The first-order valence-corrected chi connectivity index (χ1v) is 7.07. The molecule has 0 radical (unpaired) electrons. The van der Waals surface area contributed by atoms with Crippen LogP contribution in [0.1, 0.15) is 18.3 Å². The fraction of sp³-hybridized carbons (Fsp3) is 0.467. The lowest BCUT2D eigenvalue weighted by Gasteiger charge is -2.32. The van der Waals surface area contributed by atoms with E-state index >= 15 is 0 Å². The Morgan fingerprint density at radius 3 is 3.15 bits per heavy atom. The van der Waals surface area contributed by atoms with Crippen LogP contribution in [0.4, 0.5) is 0 Å². The van der Waals surface area contributed by atoms with Crippen molar-refractivity contribution < 1.29 is 4.52 Å². The molecule has 1 fully saturated rings. The van der Waals surface area contributed by atoms with Crippen LogP contribution in [0.5, 0.6) is 0 Å². The Morgan fingerprint density at radius 2 is 2.35 bits per heavy atom. The molecule has 0 bridgehead atoms. The molecule has 1 atom stereocenters. The standard InChI is InChI=1S/C15H20N4O/c1-11-4-3-5-13(8-11)15-17-14(18-20-15)10-19-7-6-16-9-12(19)2/h3-5,8,12,16H,6-7,9-10H2,1-2H3/t12-/m0/s1. The molecule has 1 saturated heterocycles. The lowest BCUT2D eigenvalue weighted by Crippen LogP contribution is -2.49. The van der Waals surface area contributed by atoms with E-state index in [1.165, 1.54) is 5.56 Å². The largest absolute Gasteiger partial charge is 0.334 e. The van der Waals surface area contributed by atoms with Gasteiger partial charge in [-0.05, 0) is 26.0 Å². The summed E-state index contributed by atoms with van der Waals surface area (Å²) in [7, 11) is 0. The van der Waals surface area contributed by atoms with Crippen LogP contribution >= 0.6 is 0 Å². The van der Waals surface area contributed by atoms with Gasteiger partial charge in [-0.15, -0.1) is 0 Å². The third kappa shape index (κ3) is 2.89. The van der Waals surface area contributed by atoms with Gasteiger partial charge in [0, 0.05) is 31.2 Å². The number of aromatic nitrogens is 2. The van der Waals surface area contributed by atoms with Crippen LogP contribution in [-0.4, -0.2) is 40.7 Å². The molecule has 0 amide bonds. The summed E-state index contributed by atoms with van der Waals surface area (Å²) >= 11 is 0. The molecule has 5 heteroatoms. The molecule has 1 aliphatic heterocycles. The summed E-state index contributed by atoms with van der Waals surface area (Å²) in [6.07, 6.45) is 0. The molecule has 2 heterocycles. The quantitative estimate of drug-likeness (QED) is 0.924. The summed E-state index contributed by atoms with van der Waals surface area (Å²) in [5.74, 6) is 1.36. The van der Waals surface area contributed by atoms with E-state index < -0.39 is 0 Å². The third-order valence-corrected chi connectivity index (χ3v) is 3.72. The second-order valence-electron chi connectivity index (χ2n) is 5.41. The van der Waals surface area contributed by atoms with Crippen molar-refractivity contribution in [3.63, 3.8) is 0 Å². The van der Waals surface area contributed by atoms with Gasteiger partial charge in [-0.1, -0.05) is 22.9 Å². The van der Waals surface area contributed by atoms with Crippen LogP contribution in [-0.2, 0) is 6.54 Å². The number of nitrogens with one attached hydrogen (secondary N) is 1. The average molecular weight is 272 g/mol. The second kappa shape index (κ2) is 5.73. The zero-order valence-electron chi connectivity index (χ0n) is 12.0. The zero-order chi connectivity index (χ0) is 13.9. The van der Waals surface area contributed by atoms with E-state index in [0.29, 0.717) is 11.9 Å². The van der Waals surface area contributed by atoms with Crippen molar-refractivity contribution in [2.24, 2.45) is 0 Å². The van der Waals surface area contributed by atoms with Crippen LogP contribution in [0, 0.1) is 6.92 Å². The SMILES string of the molecule is Cc1cccc(-c2nc(CN3CCNC[C@@H]3C)no2)c1. The fourth-order valence-electron chi connectivity index (χ4n) is 2.51. The monoisotopic (exact) mass is 272 g/mol. The number of rotatable bonds is 3. The van der Waals surface area contributed by atoms with Crippen LogP contribution in [0.2, 0.25) is 0 Å². The van der Waals surface area contributed by atoms with Crippen LogP contribution in [0.15, 0.2) is 28.8 Å². The summed E-state index contributed by atoms with van der Waals surface area (Å²) in [6.45, 7) is 8.08. The number of aryl methyl sites for hydroxylation is 1. The van der Waals surface area contributed by atoms with E-state index in [1.54, 1.807) is 0 Å². The van der Waals surface area contributed by atoms with E-state index in [2.05, 4.69) is 46.3 Å². The first-order valence-electron chi connectivity index (χ1n) is 7.07. The molecule has 0 aliphatic carbocycles. The predicted molar refractivity (Wildman–Crippen MR) is 77.2 cm³/mol. The van der Waals surface area contributed by atoms with Crippen molar-refractivity contribution in [2.75, 3.05) is 19.6 Å². The first-order chi connectivity index (χ1) is 9.72. The number of nitrogens with zero attached hydrogens (tertiary/aromatic N) is 3. The first kappa shape index (κ1) is 13.3. The van der Waals surface area contributed by atoms with Crippen molar-refractivity contribution in [3.05, 3.63) is 35.7 Å². The van der Waals surface area contributed by atoms with Crippen LogP contribution in [0.25, 0.3) is 11.5 Å². The second-order valence-corrected chi connectivity index (χ2v) is 5.41. The van der Waals surface area contributed by atoms with Gasteiger partial charge in [-0.3, -0.25) is 4.90 Å². The number of hydrogen-bond acceptors (Lipinski definition) is 5. The zero-order valence-corrected chi connectivity index (χ0v) is 12.0. The van der Waals surface area contributed by atoms with Gasteiger partial charge < -0.3 is 9.84 Å². The van der Waals surface area contributed by atoms with E-state index in [9.17, 15) is 0 Å². The smallest absolute Gasteiger partial charge is 0.257 e. The van der Waals surface area contributed by atoms with Gasteiger partial charge >= 0.3 is 0 Å². The normalized spacial score (nSPS) is 20.2. The highest BCUT2D eigenvalue weighted by atomic mass is 16.5. The van der Waals surface area contributed by atoms with Crippen molar-refractivity contribution in [3.8, 4) is 11.5 Å². The maximum absolute atomic E-state index is 5.38. The topological polar surface area (TPSA) is 54.2 Å². The summed E-state index contributed by atoms with van der Waals surface area (Å²) in [5.41, 5.74) is 2.18. The molecule has 2 aromatic rings. The summed E-state index contributed by atoms with van der Waals surface area (Å²) in [4.78, 5) is 6.89. The lowest BCUT2D eigenvalue weighted by atomic mass is 10.1. The fourth-order valence-corrected chi connectivity index (χ4v) is 2.51. The summed E-state index contributed by atoms with van der Waals surface area (Å²) in [5, 5.41) is 7.48. The third-order valence-electron chi connectivity index (χ3n) is 3.72. The van der Waals surface area contributed by atoms with E-state index in [0.717, 1.165) is 37.6 Å². The average Bonchev–Trinajstić information content (AvgIpc) is 2.90. The molecule has 0 unspecified atom stereocenters. The lowest BCUT2D eigenvalue weighted by molar-refractivity contribution is 0.160. The molecular weight excluding hydrogens is 252 g/mol. The van der Waals surface area contributed by atoms with Crippen LogP contribution in [0.3, 0.4) is 0 Å². The highest BCUT2D eigenvalue weighted by Crippen LogP contribution is 2.19. The molecule has 1 aliphatic rings. The molecule has 20 heavy (non-hydrogen) atoms. The van der Waals surface area contributed by atoms with Crippen molar-refractivity contribution in [2.45, 2.75) is 26.4 Å². The molecule has 0 saturated carbocycles. The van der Waals surface area contributed by atoms with Crippen molar-refractivity contribution in [1.82, 2.24) is 20.4 Å². The number of hydrogen-bond donors (Lipinski definition) is 1. The Bertz CT molecular complexity index is 581. The van der Waals surface area contributed by atoms with Gasteiger partial charge in [0.05, 0.1) is 6.54 Å². The maximum atomic E-state index is 5.38. The van der Waals surface area contributed by atoms with E-state index in [4.69, 9.17) is 4.52 Å². The minimum atomic E-state index is 0.504.